The molecule has 4 heteroatoms. The predicted octanol–water partition coefficient (Wildman–Crippen LogP) is 7.11. The van der Waals surface area contributed by atoms with Crippen molar-refractivity contribution in [3.05, 3.63) is 70.3 Å². The Bertz CT molecular complexity index is 860. The fourth-order valence-corrected chi connectivity index (χ4v) is 3.93. The van der Waals surface area contributed by atoms with E-state index >= 15 is 0 Å². The Morgan fingerprint density at radius 3 is 2.11 bits per heavy atom. The van der Waals surface area contributed by atoms with Gasteiger partial charge in [0.15, 0.2) is 11.6 Å². The Morgan fingerprint density at radius 1 is 0.821 bits per heavy atom. The molecule has 1 saturated carbocycles. The molecule has 0 atom stereocenters. The van der Waals surface area contributed by atoms with E-state index in [9.17, 15) is 17.6 Å². The second-order valence-electron chi connectivity index (χ2n) is 7.60. The molecule has 2 aromatic rings. The lowest BCUT2D eigenvalue weighted by Gasteiger charge is -2.29. The first-order chi connectivity index (χ1) is 13.5. The van der Waals surface area contributed by atoms with Crippen LogP contribution in [0.4, 0.5) is 17.6 Å². The van der Waals surface area contributed by atoms with Crippen molar-refractivity contribution in [1.82, 2.24) is 0 Å². The third-order valence-corrected chi connectivity index (χ3v) is 5.60. The summed E-state index contributed by atoms with van der Waals surface area (Å²) in [5, 5.41) is 0. The Hall–Kier alpha value is -2.28. The van der Waals surface area contributed by atoms with Crippen LogP contribution in [0.15, 0.2) is 30.3 Å². The summed E-state index contributed by atoms with van der Waals surface area (Å²) in [5.41, 5.74) is 0.500. The third kappa shape index (κ3) is 4.95. The van der Waals surface area contributed by atoms with Gasteiger partial charge in [-0.3, -0.25) is 0 Å². The van der Waals surface area contributed by atoms with Gasteiger partial charge in [0.25, 0.3) is 0 Å². The molecule has 2 aromatic carbocycles. The molecule has 0 amide bonds. The van der Waals surface area contributed by atoms with Crippen LogP contribution in [0.1, 0.15) is 74.5 Å². The van der Waals surface area contributed by atoms with Gasteiger partial charge in [0, 0.05) is 5.56 Å². The molecule has 0 aliphatic heterocycles. The molecule has 0 bridgehead atoms. The number of hydrogen-bond donors (Lipinski definition) is 0. The average Bonchev–Trinajstić information content (AvgIpc) is 2.68. The van der Waals surface area contributed by atoms with Gasteiger partial charge in [0.1, 0.15) is 11.6 Å². The summed E-state index contributed by atoms with van der Waals surface area (Å²) in [4.78, 5) is 0. The highest BCUT2D eigenvalue weighted by Crippen LogP contribution is 2.38. The Labute approximate surface area is 164 Å². The molecule has 0 N–H and O–H groups in total. The fraction of sp³-hybridized carbons (Fsp3) is 0.417. The summed E-state index contributed by atoms with van der Waals surface area (Å²) in [7, 11) is 0. The molecule has 0 nitrogen and oxygen atoms in total. The zero-order valence-corrected chi connectivity index (χ0v) is 16.0. The molecule has 0 saturated heterocycles. The molecule has 28 heavy (non-hydrogen) atoms. The SMILES string of the molecule is CCCC[C@H]1CC[C@H](c2cc(F)c(C#Cc3ccc(F)c(F)c3)c(F)c2)CC1. The lowest BCUT2D eigenvalue weighted by molar-refractivity contribution is 0.303. The molecule has 148 valence electrons. The quantitative estimate of drug-likeness (QED) is 0.387. The van der Waals surface area contributed by atoms with Crippen molar-refractivity contribution in [2.24, 2.45) is 5.92 Å². The number of halogens is 4. The van der Waals surface area contributed by atoms with Gasteiger partial charge in [-0.2, -0.15) is 0 Å². The molecule has 0 radical (unpaired) electrons. The van der Waals surface area contributed by atoms with Gasteiger partial charge >= 0.3 is 0 Å². The molecular formula is C24H24F4. The molecule has 3 rings (SSSR count). The topological polar surface area (TPSA) is 0 Å². The van der Waals surface area contributed by atoms with Crippen molar-refractivity contribution in [2.45, 2.75) is 57.8 Å². The first-order valence-corrected chi connectivity index (χ1v) is 9.94. The molecule has 1 aliphatic carbocycles. The van der Waals surface area contributed by atoms with E-state index in [-0.39, 0.29) is 17.0 Å². The van der Waals surface area contributed by atoms with Gasteiger partial charge in [0.2, 0.25) is 0 Å². The van der Waals surface area contributed by atoms with Crippen LogP contribution in [0.25, 0.3) is 0 Å². The van der Waals surface area contributed by atoms with Crippen molar-refractivity contribution in [2.75, 3.05) is 0 Å². The van der Waals surface area contributed by atoms with Gasteiger partial charge in [-0.15, -0.1) is 0 Å². The van der Waals surface area contributed by atoms with Crippen LogP contribution in [0.5, 0.6) is 0 Å². The van der Waals surface area contributed by atoms with Crippen LogP contribution < -0.4 is 0 Å². The Morgan fingerprint density at radius 2 is 1.50 bits per heavy atom. The van der Waals surface area contributed by atoms with Crippen LogP contribution in [-0.4, -0.2) is 0 Å². The van der Waals surface area contributed by atoms with Crippen molar-refractivity contribution in [3.63, 3.8) is 0 Å². The van der Waals surface area contributed by atoms with Crippen LogP contribution >= 0.6 is 0 Å². The number of rotatable bonds is 4. The minimum Gasteiger partial charge on any atom is -0.206 e. The largest absolute Gasteiger partial charge is 0.206 e. The van der Waals surface area contributed by atoms with Gasteiger partial charge < -0.3 is 0 Å². The van der Waals surface area contributed by atoms with Crippen LogP contribution in [-0.2, 0) is 0 Å². The molecule has 0 spiro atoms. The lowest BCUT2D eigenvalue weighted by Crippen LogP contribution is -2.14. The van der Waals surface area contributed by atoms with E-state index in [0.29, 0.717) is 5.56 Å². The number of hydrogen-bond acceptors (Lipinski definition) is 0. The van der Waals surface area contributed by atoms with Crippen molar-refractivity contribution in [1.29, 1.82) is 0 Å². The first kappa shape index (κ1) is 20.5. The summed E-state index contributed by atoms with van der Waals surface area (Å²) < 4.78 is 55.1. The molecule has 1 aliphatic rings. The van der Waals surface area contributed by atoms with Crippen LogP contribution in [0.2, 0.25) is 0 Å². The zero-order valence-electron chi connectivity index (χ0n) is 16.0. The highest BCUT2D eigenvalue weighted by Gasteiger charge is 2.23. The standard InChI is InChI=1S/C24H24F4/c1-2-3-4-16-5-9-18(10-6-16)19-14-22(26)20(23(27)15-19)11-7-17-8-12-21(25)24(28)13-17/h8,12-16,18H,2-6,9-10H2,1H3/t16-,18-. The highest BCUT2D eigenvalue weighted by molar-refractivity contribution is 5.45. The maximum absolute atomic E-state index is 14.5. The van der Waals surface area contributed by atoms with Crippen molar-refractivity contribution in [3.8, 4) is 11.8 Å². The summed E-state index contributed by atoms with van der Waals surface area (Å²) in [6, 6.07) is 5.85. The van der Waals surface area contributed by atoms with E-state index in [1.807, 2.05) is 0 Å². The predicted molar refractivity (Wildman–Crippen MR) is 103 cm³/mol. The Kier molecular flexibility index (Phi) is 6.78. The van der Waals surface area contributed by atoms with E-state index in [4.69, 9.17) is 0 Å². The molecule has 0 aromatic heterocycles. The van der Waals surface area contributed by atoms with Gasteiger partial charge in [-0.1, -0.05) is 38.0 Å². The maximum Gasteiger partial charge on any atom is 0.160 e. The Balaban J connectivity index is 1.73. The maximum atomic E-state index is 14.5. The molecule has 1 fully saturated rings. The third-order valence-electron chi connectivity index (χ3n) is 5.60. The molecule has 0 heterocycles. The van der Waals surface area contributed by atoms with Crippen LogP contribution in [0.3, 0.4) is 0 Å². The van der Waals surface area contributed by atoms with Crippen molar-refractivity contribution < 1.29 is 17.6 Å². The average molecular weight is 388 g/mol. The van der Waals surface area contributed by atoms with E-state index in [1.54, 1.807) is 0 Å². The monoisotopic (exact) mass is 388 g/mol. The first-order valence-electron chi connectivity index (χ1n) is 9.94. The summed E-state index contributed by atoms with van der Waals surface area (Å²) in [5.74, 6) is 2.37. The summed E-state index contributed by atoms with van der Waals surface area (Å²) in [6.45, 7) is 2.19. The lowest BCUT2D eigenvalue weighted by atomic mass is 9.77. The zero-order chi connectivity index (χ0) is 20.1. The fourth-order valence-electron chi connectivity index (χ4n) is 3.93. The molecular weight excluding hydrogens is 364 g/mol. The normalized spacial score (nSPS) is 19.2. The second kappa shape index (κ2) is 9.28. The summed E-state index contributed by atoms with van der Waals surface area (Å²) in [6.07, 6.45) is 7.79. The van der Waals surface area contributed by atoms with E-state index < -0.39 is 23.3 Å². The van der Waals surface area contributed by atoms with Crippen molar-refractivity contribution >= 4 is 0 Å². The smallest absolute Gasteiger partial charge is 0.160 e. The van der Waals surface area contributed by atoms with E-state index in [0.717, 1.165) is 43.7 Å². The summed E-state index contributed by atoms with van der Waals surface area (Å²) >= 11 is 0. The van der Waals surface area contributed by atoms with Gasteiger partial charge in [0.05, 0.1) is 5.56 Å². The van der Waals surface area contributed by atoms with Gasteiger partial charge in [-0.25, -0.2) is 17.6 Å². The second-order valence-corrected chi connectivity index (χ2v) is 7.60. The number of unbranched alkanes of at least 4 members (excludes halogenated alkanes) is 1. The van der Waals surface area contributed by atoms with E-state index in [1.165, 1.54) is 37.5 Å². The number of benzene rings is 2. The minimum absolute atomic E-state index is 0.159. The van der Waals surface area contributed by atoms with E-state index in [2.05, 4.69) is 18.8 Å². The van der Waals surface area contributed by atoms with Gasteiger partial charge in [-0.05, 0) is 73.4 Å². The molecule has 0 unspecified atom stereocenters. The highest BCUT2D eigenvalue weighted by atomic mass is 19.2. The van der Waals surface area contributed by atoms with Crippen LogP contribution in [0, 0.1) is 41.0 Å². The minimum atomic E-state index is -1.04.